The number of halogens is 1. The molecule has 2 atom stereocenters. The smallest absolute Gasteiger partial charge is 0.239 e. The Labute approximate surface area is 126 Å². The van der Waals surface area contributed by atoms with E-state index >= 15 is 0 Å². The van der Waals surface area contributed by atoms with Gasteiger partial charge in [-0.15, -0.1) is 0 Å². The molecule has 0 radical (unpaired) electrons. The molecule has 2 N–H and O–H groups in total. The maximum Gasteiger partial charge on any atom is 0.239 e. The maximum atomic E-state index is 12.0. The molecule has 2 unspecified atom stereocenters. The molecule has 0 bridgehead atoms. The highest BCUT2D eigenvalue weighted by Crippen LogP contribution is 2.24. The number of carbonyl (C=O) groups is 1. The lowest BCUT2D eigenvalue weighted by Gasteiger charge is -2.29. The van der Waals surface area contributed by atoms with Crippen molar-refractivity contribution in [2.24, 2.45) is 5.92 Å². The zero-order valence-electron chi connectivity index (χ0n) is 12.2. The topological polar surface area (TPSA) is 41.1 Å². The molecule has 1 aromatic carbocycles. The van der Waals surface area contributed by atoms with Crippen LogP contribution < -0.4 is 10.6 Å². The van der Waals surface area contributed by atoms with E-state index in [1.807, 2.05) is 25.1 Å². The third-order valence-corrected chi connectivity index (χ3v) is 4.57. The molecular weight excluding hydrogens is 272 g/mol. The van der Waals surface area contributed by atoms with Crippen molar-refractivity contribution in [3.05, 3.63) is 28.8 Å². The van der Waals surface area contributed by atoms with E-state index in [9.17, 15) is 4.79 Å². The molecule has 0 aliphatic heterocycles. The minimum atomic E-state index is 0.0584. The van der Waals surface area contributed by atoms with E-state index in [1.165, 1.54) is 19.3 Å². The predicted octanol–water partition coefficient (Wildman–Crippen LogP) is 3.76. The van der Waals surface area contributed by atoms with Crippen LogP contribution >= 0.6 is 11.6 Å². The number of anilines is 1. The number of hydrogen-bond donors (Lipinski definition) is 2. The van der Waals surface area contributed by atoms with Crippen molar-refractivity contribution in [2.75, 3.05) is 11.9 Å². The fraction of sp³-hybridized carbons (Fsp3) is 0.562. The van der Waals surface area contributed by atoms with Gasteiger partial charge in [0.1, 0.15) is 0 Å². The summed E-state index contributed by atoms with van der Waals surface area (Å²) in [5, 5.41) is 7.02. The standard InChI is InChI=1S/C16H23ClN2O/c1-11-6-3-4-8-14(11)19-16(20)10-18-15-9-5-7-13(17)12(15)2/h5,7,9,11,14,18H,3-4,6,8,10H2,1-2H3,(H,19,20). The lowest BCUT2D eigenvalue weighted by Crippen LogP contribution is -2.43. The Bertz CT molecular complexity index is 476. The van der Waals surface area contributed by atoms with Gasteiger partial charge in [0.05, 0.1) is 6.54 Å². The van der Waals surface area contributed by atoms with Crippen LogP contribution in [0.15, 0.2) is 18.2 Å². The van der Waals surface area contributed by atoms with Crippen molar-refractivity contribution in [2.45, 2.75) is 45.6 Å². The monoisotopic (exact) mass is 294 g/mol. The minimum absolute atomic E-state index is 0.0584. The van der Waals surface area contributed by atoms with Crippen molar-refractivity contribution in [3.8, 4) is 0 Å². The molecule has 1 aliphatic rings. The first-order chi connectivity index (χ1) is 9.58. The number of rotatable bonds is 4. The van der Waals surface area contributed by atoms with Gasteiger partial charge < -0.3 is 10.6 Å². The van der Waals surface area contributed by atoms with Crippen LogP contribution in [0.3, 0.4) is 0 Å². The van der Waals surface area contributed by atoms with E-state index in [2.05, 4.69) is 17.6 Å². The van der Waals surface area contributed by atoms with Crippen LogP contribution in [0.1, 0.15) is 38.2 Å². The number of hydrogen-bond acceptors (Lipinski definition) is 2. The Kier molecular flexibility index (Phi) is 5.30. The molecule has 0 aromatic heterocycles. The quantitative estimate of drug-likeness (QED) is 0.888. The van der Waals surface area contributed by atoms with Gasteiger partial charge in [0.25, 0.3) is 0 Å². The number of benzene rings is 1. The second-order valence-electron chi connectivity index (χ2n) is 5.70. The molecule has 1 aromatic rings. The molecule has 1 amide bonds. The number of amides is 1. The third-order valence-electron chi connectivity index (χ3n) is 4.16. The molecule has 0 heterocycles. The molecule has 1 fully saturated rings. The normalized spacial score (nSPS) is 22.4. The van der Waals surface area contributed by atoms with E-state index in [-0.39, 0.29) is 5.91 Å². The van der Waals surface area contributed by atoms with Gasteiger partial charge in [-0.25, -0.2) is 0 Å². The SMILES string of the molecule is Cc1c(Cl)cccc1NCC(=O)NC1CCCCC1C. The van der Waals surface area contributed by atoms with Gasteiger partial charge in [-0.1, -0.05) is 37.4 Å². The maximum absolute atomic E-state index is 12.0. The molecule has 3 nitrogen and oxygen atoms in total. The summed E-state index contributed by atoms with van der Waals surface area (Å²) in [5.41, 5.74) is 1.90. The van der Waals surface area contributed by atoms with Gasteiger partial charge in [-0.05, 0) is 43.4 Å². The second kappa shape index (κ2) is 6.98. The van der Waals surface area contributed by atoms with Crippen LogP contribution in [0.5, 0.6) is 0 Å². The molecule has 20 heavy (non-hydrogen) atoms. The van der Waals surface area contributed by atoms with Crippen LogP contribution in [-0.4, -0.2) is 18.5 Å². The predicted molar refractivity (Wildman–Crippen MR) is 84.2 cm³/mol. The summed E-state index contributed by atoms with van der Waals surface area (Å²) in [5.74, 6) is 0.642. The van der Waals surface area contributed by atoms with Gasteiger partial charge in [0, 0.05) is 16.8 Å². The van der Waals surface area contributed by atoms with Gasteiger partial charge in [-0.3, -0.25) is 4.79 Å². The van der Waals surface area contributed by atoms with E-state index in [0.29, 0.717) is 18.5 Å². The highest BCUT2D eigenvalue weighted by molar-refractivity contribution is 6.31. The van der Waals surface area contributed by atoms with E-state index in [0.717, 1.165) is 22.7 Å². The lowest BCUT2D eigenvalue weighted by molar-refractivity contribution is -0.120. The highest BCUT2D eigenvalue weighted by atomic mass is 35.5. The van der Waals surface area contributed by atoms with Crippen LogP contribution in [0.2, 0.25) is 5.02 Å². The molecule has 1 saturated carbocycles. The summed E-state index contributed by atoms with van der Waals surface area (Å²) in [6, 6.07) is 6.01. The van der Waals surface area contributed by atoms with Crippen molar-refractivity contribution in [1.29, 1.82) is 0 Å². The fourth-order valence-corrected chi connectivity index (χ4v) is 2.94. The van der Waals surface area contributed by atoms with Crippen LogP contribution in [-0.2, 0) is 4.79 Å². The first-order valence-corrected chi connectivity index (χ1v) is 7.74. The van der Waals surface area contributed by atoms with Crippen LogP contribution in [0.25, 0.3) is 0 Å². The summed E-state index contributed by atoms with van der Waals surface area (Å²) in [7, 11) is 0. The molecule has 110 valence electrons. The Morgan fingerprint density at radius 3 is 2.85 bits per heavy atom. The van der Waals surface area contributed by atoms with Crippen LogP contribution in [0, 0.1) is 12.8 Å². The van der Waals surface area contributed by atoms with Crippen LogP contribution in [0.4, 0.5) is 5.69 Å². The molecule has 2 rings (SSSR count). The second-order valence-corrected chi connectivity index (χ2v) is 6.11. The van der Waals surface area contributed by atoms with Crippen molar-refractivity contribution < 1.29 is 4.79 Å². The Balaban J connectivity index is 1.84. The zero-order valence-corrected chi connectivity index (χ0v) is 13.0. The summed E-state index contributed by atoms with van der Waals surface area (Å²) in [6.07, 6.45) is 4.82. The Morgan fingerprint density at radius 2 is 2.10 bits per heavy atom. The van der Waals surface area contributed by atoms with Gasteiger partial charge >= 0.3 is 0 Å². The summed E-state index contributed by atoms with van der Waals surface area (Å²) in [6.45, 7) is 4.47. The van der Waals surface area contributed by atoms with Crippen molar-refractivity contribution in [3.63, 3.8) is 0 Å². The average molecular weight is 295 g/mol. The zero-order chi connectivity index (χ0) is 14.5. The van der Waals surface area contributed by atoms with Gasteiger partial charge in [0.2, 0.25) is 5.91 Å². The third kappa shape index (κ3) is 3.89. The number of nitrogens with one attached hydrogen (secondary N) is 2. The highest BCUT2D eigenvalue weighted by Gasteiger charge is 2.22. The molecular formula is C16H23ClN2O. The first-order valence-electron chi connectivity index (χ1n) is 7.36. The van der Waals surface area contributed by atoms with E-state index < -0.39 is 0 Å². The molecule has 0 spiro atoms. The minimum Gasteiger partial charge on any atom is -0.376 e. The van der Waals surface area contributed by atoms with Gasteiger partial charge in [-0.2, -0.15) is 0 Å². The average Bonchev–Trinajstić information content (AvgIpc) is 2.43. The van der Waals surface area contributed by atoms with E-state index in [1.54, 1.807) is 0 Å². The van der Waals surface area contributed by atoms with Gasteiger partial charge in [0.15, 0.2) is 0 Å². The molecule has 1 aliphatic carbocycles. The van der Waals surface area contributed by atoms with E-state index in [4.69, 9.17) is 11.6 Å². The first kappa shape index (κ1) is 15.2. The Hall–Kier alpha value is -1.22. The molecule has 0 saturated heterocycles. The summed E-state index contributed by atoms with van der Waals surface area (Å²) >= 11 is 6.06. The number of carbonyl (C=O) groups excluding carboxylic acids is 1. The van der Waals surface area contributed by atoms with Crippen molar-refractivity contribution >= 4 is 23.2 Å². The Morgan fingerprint density at radius 1 is 1.35 bits per heavy atom. The molecule has 4 heteroatoms. The largest absolute Gasteiger partial charge is 0.376 e. The van der Waals surface area contributed by atoms with Crippen molar-refractivity contribution in [1.82, 2.24) is 5.32 Å². The summed E-state index contributed by atoms with van der Waals surface area (Å²) < 4.78 is 0. The fourth-order valence-electron chi connectivity index (χ4n) is 2.76. The summed E-state index contributed by atoms with van der Waals surface area (Å²) in [4.78, 5) is 12.0. The lowest BCUT2D eigenvalue weighted by atomic mass is 9.86.